The molecule has 1 N–H and O–H groups in total. The van der Waals surface area contributed by atoms with Gasteiger partial charge in [-0.2, -0.15) is 0 Å². The molecule has 1 amide bonds. The van der Waals surface area contributed by atoms with Crippen LogP contribution in [0.15, 0.2) is 18.2 Å². The van der Waals surface area contributed by atoms with Crippen molar-refractivity contribution in [1.82, 2.24) is 5.32 Å². The predicted molar refractivity (Wildman–Crippen MR) is 66.3 cm³/mol. The zero-order valence-electron chi connectivity index (χ0n) is 10.7. The highest BCUT2D eigenvalue weighted by molar-refractivity contribution is 5.72. The Hall–Kier alpha value is -1.71. The molecule has 0 spiro atoms. The minimum atomic E-state index is -0.0496. The molecule has 0 atom stereocenters. The summed E-state index contributed by atoms with van der Waals surface area (Å²) in [5.41, 5.74) is 0.980. The monoisotopic (exact) mass is 237 g/mol. The Labute approximate surface area is 102 Å². The highest BCUT2D eigenvalue weighted by atomic mass is 16.5. The van der Waals surface area contributed by atoms with Gasteiger partial charge < -0.3 is 14.8 Å². The Balaban J connectivity index is 2.80. The predicted octanol–water partition coefficient (Wildman–Crippen LogP) is 2.12. The van der Waals surface area contributed by atoms with Crippen LogP contribution in [0.25, 0.3) is 0 Å². The van der Waals surface area contributed by atoms with E-state index in [2.05, 4.69) is 5.32 Å². The van der Waals surface area contributed by atoms with E-state index >= 15 is 0 Å². The summed E-state index contributed by atoms with van der Waals surface area (Å²) in [6.07, 6.45) is 0.102. The summed E-state index contributed by atoms with van der Waals surface area (Å²) in [4.78, 5) is 10.8. The fourth-order valence-corrected chi connectivity index (χ4v) is 1.40. The standard InChI is InChI=1S/C13H19NO3/c1-9(2)17-12-6-5-11(7-13(12)16-4)8-14-10(3)15/h5-7,9H,8H2,1-4H3,(H,14,15). The molecule has 0 saturated heterocycles. The number of benzene rings is 1. The first-order chi connectivity index (χ1) is 8.02. The van der Waals surface area contributed by atoms with Crippen molar-refractivity contribution in [3.8, 4) is 11.5 Å². The number of carbonyl (C=O) groups is 1. The van der Waals surface area contributed by atoms with Gasteiger partial charge in [0.1, 0.15) is 0 Å². The van der Waals surface area contributed by atoms with Crippen LogP contribution in [-0.4, -0.2) is 19.1 Å². The van der Waals surface area contributed by atoms with Crippen molar-refractivity contribution in [2.45, 2.75) is 33.4 Å². The van der Waals surface area contributed by atoms with Gasteiger partial charge in [-0.1, -0.05) is 6.07 Å². The normalized spacial score (nSPS) is 10.2. The van der Waals surface area contributed by atoms with Crippen LogP contribution < -0.4 is 14.8 Å². The first-order valence-corrected chi connectivity index (χ1v) is 5.61. The number of rotatable bonds is 5. The van der Waals surface area contributed by atoms with Crippen molar-refractivity contribution in [3.63, 3.8) is 0 Å². The molecule has 1 aromatic rings. The van der Waals surface area contributed by atoms with Gasteiger partial charge in [-0.05, 0) is 31.5 Å². The van der Waals surface area contributed by atoms with Crippen LogP contribution in [0.3, 0.4) is 0 Å². The largest absolute Gasteiger partial charge is 0.493 e. The molecule has 1 rings (SSSR count). The van der Waals surface area contributed by atoms with Gasteiger partial charge in [0, 0.05) is 13.5 Å². The van der Waals surface area contributed by atoms with Gasteiger partial charge in [-0.15, -0.1) is 0 Å². The summed E-state index contributed by atoms with van der Waals surface area (Å²) < 4.78 is 10.9. The molecule has 94 valence electrons. The van der Waals surface area contributed by atoms with E-state index in [4.69, 9.17) is 9.47 Å². The first-order valence-electron chi connectivity index (χ1n) is 5.61. The van der Waals surface area contributed by atoms with Crippen molar-refractivity contribution in [2.75, 3.05) is 7.11 Å². The minimum Gasteiger partial charge on any atom is -0.493 e. The molecule has 0 aliphatic rings. The molecule has 4 nitrogen and oxygen atoms in total. The lowest BCUT2D eigenvalue weighted by Crippen LogP contribution is -2.18. The van der Waals surface area contributed by atoms with Gasteiger partial charge in [0.25, 0.3) is 0 Å². The maximum atomic E-state index is 10.8. The van der Waals surface area contributed by atoms with Crippen molar-refractivity contribution in [2.24, 2.45) is 0 Å². The van der Waals surface area contributed by atoms with Gasteiger partial charge in [0.05, 0.1) is 13.2 Å². The number of carbonyl (C=O) groups excluding carboxylic acids is 1. The molecule has 0 radical (unpaired) electrons. The van der Waals surface area contributed by atoms with Crippen LogP contribution in [-0.2, 0) is 11.3 Å². The number of ether oxygens (including phenoxy) is 2. The molecule has 0 aliphatic heterocycles. The van der Waals surface area contributed by atoms with Crippen LogP contribution in [0.5, 0.6) is 11.5 Å². The van der Waals surface area contributed by atoms with E-state index in [1.165, 1.54) is 6.92 Å². The highest BCUT2D eigenvalue weighted by Gasteiger charge is 2.07. The third-order valence-electron chi connectivity index (χ3n) is 2.13. The molecule has 0 aromatic heterocycles. The zero-order chi connectivity index (χ0) is 12.8. The average molecular weight is 237 g/mol. The maximum Gasteiger partial charge on any atom is 0.217 e. The van der Waals surface area contributed by atoms with Crippen molar-refractivity contribution in [1.29, 1.82) is 0 Å². The average Bonchev–Trinajstić information content (AvgIpc) is 2.26. The van der Waals surface area contributed by atoms with Gasteiger partial charge >= 0.3 is 0 Å². The molecule has 0 aliphatic carbocycles. The number of methoxy groups -OCH3 is 1. The van der Waals surface area contributed by atoms with E-state index in [9.17, 15) is 4.79 Å². The molecular weight excluding hydrogens is 218 g/mol. The van der Waals surface area contributed by atoms with Crippen LogP contribution in [0.1, 0.15) is 26.3 Å². The summed E-state index contributed by atoms with van der Waals surface area (Å²) in [6, 6.07) is 5.64. The quantitative estimate of drug-likeness (QED) is 0.853. The number of hydrogen-bond acceptors (Lipinski definition) is 3. The molecule has 0 unspecified atom stereocenters. The lowest BCUT2D eigenvalue weighted by molar-refractivity contribution is -0.119. The smallest absolute Gasteiger partial charge is 0.217 e. The second-order valence-corrected chi connectivity index (χ2v) is 4.06. The maximum absolute atomic E-state index is 10.8. The van der Waals surface area contributed by atoms with Crippen LogP contribution in [0.4, 0.5) is 0 Å². The molecule has 0 bridgehead atoms. The van der Waals surface area contributed by atoms with Gasteiger partial charge in [-0.3, -0.25) is 4.79 Å². The molecular formula is C13H19NO3. The number of hydrogen-bond donors (Lipinski definition) is 1. The minimum absolute atomic E-state index is 0.0496. The first kappa shape index (κ1) is 13.4. The van der Waals surface area contributed by atoms with Crippen molar-refractivity contribution in [3.05, 3.63) is 23.8 Å². The second-order valence-electron chi connectivity index (χ2n) is 4.06. The Kier molecular flexibility index (Phi) is 4.82. The van der Waals surface area contributed by atoms with E-state index in [0.29, 0.717) is 18.0 Å². The van der Waals surface area contributed by atoms with E-state index in [1.807, 2.05) is 32.0 Å². The van der Waals surface area contributed by atoms with Gasteiger partial charge in [-0.25, -0.2) is 0 Å². The summed E-state index contributed by atoms with van der Waals surface area (Å²) in [5, 5.41) is 2.74. The third-order valence-corrected chi connectivity index (χ3v) is 2.13. The topological polar surface area (TPSA) is 47.6 Å². The molecule has 4 heteroatoms. The van der Waals surface area contributed by atoms with E-state index in [1.54, 1.807) is 7.11 Å². The zero-order valence-corrected chi connectivity index (χ0v) is 10.7. The lowest BCUT2D eigenvalue weighted by Gasteiger charge is -2.14. The van der Waals surface area contributed by atoms with E-state index in [0.717, 1.165) is 5.56 Å². The Morgan fingerprint density at radius 3 is 2.59 bits per heavy atom. The second kappa shape index (κ2) is 6.13. The fourth-order valence-electron chi connectivity index (χ4n) is 1.40. The molecule has 0 saturated carbocycles. The SMILES string of the molecule is COc1cc(CNC(C)=O)ccc1OC(C)C. The third kappa shape index (κ3) is 4.34. The van der Waals surface area contributed by atoms with Gasteiger partial charge in [0.2, 0.25) is 5.91 Å². The van der Waals surface area contributed by atoms with E-state index < -0.39 is 0 Å². The molecule has 1 aromatic carbocycles. The molecule has 0 heterocycles. The summed E-state index contributed by atoms with van der Waals surface area (Å²) >= 11 is 0. The summed E-state index contributed by atoms with van der Waals surface area (Å²) in [7, 11) is 1.60. The summed E-state index contributed by atoms with van der Waals surface area (Å²) in [6.45, 7) is 5.91. The summed E-state index contributed by atoms with van der Waals surface area (Å²) in [5.74, 6) is 1.35. The number of nitrogens with one attached hydrogen (secondary N) is 1. The van der Waals surface area contributed by atoms with E-state index in [-0.39, 0.29) is 12.0 Å². The molecule has 17 heavy (non-hydrogen) atoms. The highest BCUT2D eigenvalue weighted by Crippen LogP contribution is 2.28. The number of amides is 1. The van der Waals surface area contributed by atoms with Crippen molar-refractivity contribution >= 4 is 5.91 Å². The fraction of sp³-hybridized carbons (Fsp3) is 0.462. The van der Waals surface area contributed by atoms with Gasteiger partial charge in [0.15, 0.2) is 11.5 Å². The lowest BCUT2D eigenvalue weighted by atomic mass is 10.2. The van der Waals surface area contributed by atoms with Crippen LogP contribution >= 0.6 is 0 Å². The van der Waals surface area contributed by atoms with Crippen LogP contribution in [0, 0.1) is 0 Å². The Bertz CT molecular complexity index is 388. The molecule has 0 fully saturated rings. The van der Waals surface area contributed by atoms with Crippen LogP contribution in [0.2, 0.25) is 0 Å². The Morgan fingerprint density at radius 2 is 2.06 bits per heavy atom. The Morgan fingerprint density at radius 1 is 1.35 bits per heavy atom. The van der Waals surface area contributed by atoms with Crippen molar-refractivity contribution < 1.29 is 14.3 Å².